The number of alkyl halides is 1. The van der Waals surface area contributed by atoms with Crippen molar-refractivity contribution in [2.75, 3.05) is 33.8 Å². The second-order valence-corrected chi connectivity index (χ2v) is 9.76. The summed E-state index contributed by atoms with van der Waals surface area (Å²) in [4.78, 5) is 43.8. The van der Waals surface area contributed by atoms with Crippen molar-refractivity contribution in [3.63, 3.8) is 0 Å². The summed E-state index contributed by atoms with van der Waals surface area (Å²) in [6.45, 7) is 0. The number of hydrogen-bond acceptors (Lipinski definition) is 8. The Labute approximate surface area is 242 Å². The van der Waals surface area contributed by atoms with Crippen molar-refractivity contribution in [2.24, 2.45) is 0 Å². The molecule has 0 saturated carbocycles. The van der Waals surface area contributed by atoms with Crippen LogP contribution in [0, 0.1) is 0 Å². The molecule has 0 saturated heterocycles. The molecule has 0 amide bonds. The zero-order valence-corrected chi connectivity index (χ0v) is 25.9. The van der Waals surface area contributed by atoms with Crippen molar-refractivity contribution in [3.05, 3.63) is 68.6 Å². The Morgan fingerprint density at radius 1 is 0.676 bits per heavy atom. The average molecular weight is 711 g/mol. The lowest BCUT2D eigenvalue weighted by Crippen LogP contribution is -2.16. The van der Waals surface area contributed by atoms with Crippen LogP contribution in [0.4, 0.5) is 0 Å². The second-order valence-electron chi connectivity index (χ2n) is 7.14. The van der Waals surface area contributed by atoms with Crippen molar-refractivity contribution in [2.45, 2.75) is 31.6 Å². The number of methoxy groups -OCH3 is 4. The molecule has 11 heteroatoms. The van der Waals surface area contributed by atoms with Gasteiger partial charge >= 0.3 is 23.9 Å². The third kappa shape index (κ3) is 16.3. The molecule has 2 aromatic rings. The maximum atomic E-state index is 11.7. The quantitative estimate of drug-likeness (QED) is 0.184. The van der Waals surface area contributed by atoms with E-state index in [1.54, 1.807) is 0 Å². The van der Waals surface area contributed by atoms with Gasteiger partial charge in [-0.15, -0.1) is 0 Å². The van der Waals surface area contributed by atoms with E-state index in [1.807, 2.05) is 48.5 Å². The molecule has 8 nitrogen and oxygen atoms in total. The Balaban J connectivity index is 0.000000586. The number of benzene rings is 2. The van der Waals surface area contributed by atoms with Gasteiger partial charge < -0.3 is 18.9 Å². The lowest BCUT2D eigenvalue weighted by atomic mass is 9.94. The predicted octanol–water partition coefficient (Wildman–Crippen LogP) is 5.77. The standard InChI is InChI=1S/C13H15BrO4.C9H9BrO2.C4H7BrO2/c1-17-12(15)8-7-11(13(16)18-2)9-3-5-10(14)6-4-9;1-12-9(11)6-7-2-4-8(10)5-3-7;1-7-4(6)2-3-5/h3-6,11H,7-8H2,1-2H3;2-5H,6H2,1H3;2-3H2,1H3. The summed E-state index contributed by atoms with van der Waals surface area (Å²) < 4.78 is 20.1. The molecule has 0 spiro atoms. The van der Waals surface area contributed by atoms with E-state index >= 15 is 0 Å². The van der Waals surface area contributed by atoms with E-state index < -0.39 is 5.92 Å². The van der Waals surface area contributed by atoms with Crippen LogP contribution in [0.3, 0.4) is 0 Å². The third-order valence-electron chi connectivity index (χ3n) is 4.64. The van der Waals surface area contributed by atoms with E-state index in [1.165, 1.54) is 28.4 Å². The monoisotopic (exact) mass is 708 g/mol. The van der Waals surface area contributed by atoms with Crippen LogP contribution in [0.1, 0.15) is 36.3 Å². The molecule has 0 aliphatic heterocycles. The van der Waals surface area contributed by atoms with Crippen molar-refractivity contribution < 1.29 is 38.1 Å². The second kappa shape index (κ2) is 20.8. The third-order valence-corrected chi connectivity index (χ3v) is 6.09. The summed E-state index contributed by atoms with van der Waals surface area (Å²) in [6.07, 6.45) is 1.35. The van der Waals surface area contributed by atoms with Crippen molar-refractivity contribution in [1.82, 2.24) is 0 Å². The fraction of sp³-hybridized carbons (Fsp3) is 0.385. The molecular weight excluding hydrogens is 680 g/mol. The van der Waals surface area contributed by atoms with Gasteiger partial charge in [-0.25, -0.2) is 0 Å². The van der Waals surface area contributed by atoms with Gasteiger partial charge in [0.2, 0.25) is 0 Å². The maximum absolute atomic E-state index is 11.7. The Kier molecular flexibility index (Phi) is 19.5. The van der Waals surface area contributed by atoms with E-state index in [-0.39, 0.29) is 30.3 Å². The van der Waals surface area contributed by atoms with Crippen molar-refractivity contribution in [3.8, 4) is 0 Å². The largest absolute Gasteiger partial charge is 0.469 e. The summed E-state index contributed by atoms with van der Waals surface area (Å²) in [5, 5.41) is 0.680. The number of ether oxygens (including phenoxy) is 4. The molecule has 0 fully saturated rings. The molecule has 0 N–H and O–H groups in total. The van der Waals surface area contributed by atoms with Gasteiger partial charge in [-0.3, -0.25) is 19.2 Å². The number of halogens is 3. The summed E-state index contributed by atoms with van der Waals surface area (Å²) in [5.41, 5.74) is 1.79. The molecule has 0 aliphatic carbocycles. The van der Waals surface area contributed by atoms with Crippen LogP contribution in [0.5, 0.6) is 0 Å². The summed E-state index contributed by atoms with van der Waals surface area (Å²) in [7, 11) is 5.44. The minimum atomic E-state index is -0.442. The smallest absolute Gasteiger partial charge is 0.313 e. The molecule has 0 radical (unpaired) electrons. The first kappa shape index (κ1) is 34.8. The summed E-state index contributed by atoms with van der Waals surface area (Å²) in [5.74, 6) is -1.50. The van der Waals surface area contributed by atoms with Gasteiger partial charge in [-0.1, -0.05) is 72.1 Å². The molecule has 1 unspecified atom stereocenters. The molecule has 0 aliphatic rings. The van der Waals surface area contributed by atoms with Crippen LogP contribution in [0.25, 0.3) is 0 Å². The molecule has 2 aromatic carbocycles. The lowest BCUT2D eigenvalue weighted by Gasteiger charge is -2.14. The summed E-state index contributed by atoms with van der Waals surface area (Å²) >= 11 is 9.73. The highest BCUT2D eigenvalue weighted by atomic mass is 79.9. The van der Waals surface area contributed by atoms with Crippen molar-refractivity contribution in [1.29, 1.82) is 0 Å². The van der Waals surface area contributed by atoms with Crippen molar-refractivity contribution >= 4 is 71.7 Å². The highest BCUT2D eigenvalue weighted by molar-refractivity contribution is 9.10. The number of hydrogen-bond donors (Lipinski definition) is 0. The molecule has 2 rings (SSSR count). The number of carbonyl (C=O) groups excluding carboxylic acids is 4. The first-order valence-corrected chi connectivity index (χ1v) is 13.7. The highest BCUT2D eigenvalue weighted by Gasteiger charge is 2.22. The van der Waals surface area contributed by atoms with E-state index in [9.17, 15) is 19.2 Å². The molecule has 204 valence electrons. The maximum Gasteiger partial charge on any atom is 0.313 e. The Hall–Kier alpha value is -2.24. The van der Waals surface area contributed by atoms with Gasteiger partial charge in [-0.05, 0) is 41.8 Å². The summed E-state index contributed by atoms with van der Waals surface area (Å²) in [6, 6.07) is 15.0. The van der Waals surface area contributed by atoms with Crippen LogP contribution in [-0.4, -0.2) is 57.6 Å². The fourth-order valence-electron chi connectivity index (χ4n) is 2.64. The minimum absolute atomic E-state index is 0.170. The van der Waals surface area contributed by atoms with Gasteiger partial charge in [0.25, 0.3) is 0 Å². The zero-order chi connectivity index (χ0) is 28.2. The van der Waals surface area contributed by atoms with Crippen LogP contribution in [0.2, 0.25) is 0 Å². The first-order chi connectivity index (χ1) is 17.6. The molecule has 0 aromatic heterocycles. The molecular formula is C26H31Br3O8. The van der Waals surface area contributed by atoms with E-state index in [0.717, 1.165) is 20.1 Å². The number of esters is 4. The Bertz CT molecular complexity index is 963. The van der Waals surface area contributed by atoms with Gasteiger partial charge in [0, 0.05) is 20.7 Å². The lowest BCUT2D eigenvalue weighted by molar-refractivity contribution is -0.144. The van der Waals surface area contributed by atoms with Crippen LogP contribution < -0.4 is 0 Å². The van der Waals surface area contributed by atoms with Gasteiger partial charge in [0.15, 0.2) is 0 Å². The van der Waals surface area contributed by atoms with Crippen LogP contribution in [-0.2, 0) is 44.5 Å². The zero-order valence-electron chi connectivity index (χ0n) is 21.1. The molecule has 0 heterocycles. The SMILES string of the molecule is COC(=O)CCBr.COC(=O)CCC(C(=O)OC)c1ccc(Br)cc1.COC(=O)Cc1ccc(Br)cc1. The molecule has 0 bridgehead atoms. The normalized spacial score (nSPS) is 10.4. The predicted molar refractivity (Wildman–Crippen MR) is 150 cm³/mol. The topological polar surface area (TPSA) is 105 Å². The highest BCUT2D eigenvalue weighted by Crippen LogP contribution is 2.24. The fourth-order valence-corrected chi connectivity index (χ4v) is 3.49. The van der Waals surface area contributed by atoms with Gasteiger partial charge in [0.05, 0.1) is 47.2 Å². The van der Waals surface area contributed by atoms with E-state index in [0.29, 0.717) is 24.6 Å². The minimum Gasteiger partial charge on any atom is -0.469 e. The molecule has 37 heavy (non-hydrogen) atoms. The van der Waals surface area contributed by atoms with Gasteiger partial charge in [-0.2, -0.15) is 0 Å². The molecule has 1 atom stereocenters. The van der Waals surface area contributed by atoms with Gasteiger partial charge in [0.1, 0.15) is 0 Å². The number of carbonyl (C=O) groups is 4. The Morgan fingerprint density at radius 2 is 1.14 bits per heavy atom. The first-order valence-electron chi connectivity index (χ1n) is 11.0. The number of rotatable bonds is 9. The van der Waals surface area contributed by atoms with E-state index in [4.69, 9.17) is 4.74 Å². The van der Waals surface area contributed by atoms with Crippen LogP contribution >= 0.6 is 47.8 Å². The van der Waals surface area contributed by atoms with E-state index in [2.05, 4.69) is 62.0 Å². The van der Waals surface area contributed by atoms with Crippen LogP contribution in [0.15, 0.2) is 57.5 Å². The Morgan fingerprint density at radius 3 is 1.54 bits per heavy atom. The average Bonchev–Trinajstić information content (AvgIpc) is 2.91.